The zero-order valence-electron chi connectivity index (χ0n) is 20.6. The number of alkyl halides is 2. The second-order valence-corrected chi connectivity index (χ2v) is 9.44. The molecule has 1 aliphatic rings. The van der Waals surface area contributed by atoms with Crippen molar-refractivity contribution in [1.82, 2.24) is 20.1 Å². The van der Waals surface area contributed by atoms with Crippen LogP contribution in [0.15, 0.2) is 59.7 Å². The zero-order chi connectivity index (χ0) is 25.8. The highest BCUT2D eigenvalue weighted by Gasteiger charge is 2.49. The molecule has 0 radical (unpaired) electrons. The van der Waals surface area contributed by atoms with Gasteiger partial charge in [0.25, 0.3) is 0 Å². The summed E-state index contributed by atoms with van der Waals surface area (Å²) in [5.41, 5.74) is 0.436. The van der Waals surface area contributed by atoms with E-state index in [4.69, 9.17) is 4.74 Å². The van der Waals surface area contributed by atoms with Crippen LogP contribution in [0, 0.1) is 0 Å². The highest BCUT2D eigenvalue weighted by Crippen LogP contribution is 2.39. The minimum atomic E-state index is -1.05. The van der Waals surface area contributed by atoms with E-state index in [0.29, 0.717) is 29.5 Å². The van der Waals surface area contributed by atoms with Gasteiger partial charge in [-0.05, 0) is 42.0 Å². The Morgan fingerprint density at radius 2 is 1.83 bits per heavy atom. The number of ketones is 1. The van der Waals surface area contributed by atoms with Crippen LogP contribution in [0.2, 0.25) is 0 Å². The third-order valence-electron chi connectivity index (χ3n) is 7.30. The molecule has 7 nitrogen and oxygen atoms in total. The first kappa shape index (κ1) is 25.9. The maximum atomic E-state index is 13.3. The first-order valence-corrected chi connectivity index (χ1v) is 12.2. The minimum Gasteiger partial charge on any atom is -0.372 e. The smallest absolute Gasteiger partial charge is 0.344 e. The van der Waals surface area contributed by atoms with Gasteiger partial charge in [-0.1, -0.05) is 55.5 Å². The summed E-state index contributed by atoms with van der Waals surface area (Å²) in [5, 5.41) is 9.80. The molecule has 0 bridgehead atoms. The highest BCUT2D eigenvalue weighted by molar-refractivity contribution is 5.86. The van der Waals surface area contributed by atoms with E-state index < -0.39 is 36.2 Å². The number of aromatic amines is 1. The van der Waals surface area contributed by atoms with Crippen LogP contribution in [0.1, 0.15) is 61.5 Å². The molecule has 0 unspecified atom stereocenters. The van der Waals surface area contributed by atoms with E-state index in [1.54, 1.807) is 19.1 Å². The molecule has 0 amide bonds. The standard InChI is InChI=1S/C27H32F2N4O3/c1-3-24(34)27(33-18-31-32-25(33)35)10-9-26(30-16-27,23-7-5-4-6-8-23)17-36-19(2)22-12-20(14-28)11-21(13-22)15-29/h4-8,11-13,18-19,30H,3,9-10,14-17H2,1-2H3,(H,32,35)/t19-,26-,27+/m1/s1. The van der Waals surface area contributed by atoms with E-state index in [0.717, 1.165) is 5.56 Å². The van der Waals surface area contributed by atoms with Crippen molar-refractivity contribution in [3.63, 3.8) is 0 Å². The Bertz CT molecular complexity index is 1210. The molecule has 0 spiro atoms. The van der Waals surface area contributed by atoms with Crippen LogP contribution in [-0.4, -0.2) is 33.7 Å². The Labute approximate surface area is 208 Å². The summed E-state index contributed by atoms with van der Waals surface area (Å²) >= 11 is 0. The van der Waals surface area contributed by atoms with Gasteiger partial charge in [0.2, 0.25) is 0 Å². The number of ether oxygens (including phenoxy) is 1. The number of carbonyl (C=O) groups excluding carboxylic acids is 1. The van der Waals surface area contributed by atoms with Crippen molar-refractivity contribution in [2.45, 2.75) is 63.6 Å². The van der Waals surface area contributed by atoms with Crippen molar-refractivity contribution in [2.24, 2.45) is 0 Å². The van der Waals surface area contributed by atoms with Crippen molar-refractivity contribution in [2.75, 3.05) is 13.2 Å². The average Bonchev–Trinajstić information content (AvgIpc) is 3.37. The number of nitrogens with one attached hydrogen (secondary N) is 2. The van der Waals surface area contributed by atoms with Crippen LogP contribution in [-0.2, 0) is 34.0 Å². The number of hydrogen-bond acceptors (Lipinski definition) is 5. The van der Waals surface area contributed by atoms with Gasteiger partial charge >= 0.3 is 5.69 Å². The number of piperidine rings is 1. The lowest BCUT2D eigenvalue weighted by Gasteiger charge is -2.47. The number of nitrogens with zero attached hydrogens (tertiary/aromatic N) is 2. The van der Waals surface area contributed by atoms with Gasteiger partial charge in [0.1, 0.15) is 25.2 Å². The Balaban J connectivity index is 1.62. The van der Waals surface area contributed by atoms with Crippen molar-refractivity contribution >= 4 is 5.78 Å². The fraction of sp³-hybridized carbons (Fsp3) is 0.444. The SMILES string of the molecule is CCC(=O)[C@]1(n2cn[nH]c2=O)CC[C@@](CO[C@H](C)c2cc(CF)cc(CF)c2)(c2ccccc2)NC1. The number of aromatic nitrogens is 3. The summed E-state index contributed by atoms with van der Waals surface area (Å²) in [4.78, 5) is 25.6. The third kappa shape index (κ3) is 4.90. The number of carbonyl (C=O) groups is 1. The Morgan fingerprint density at radius 1 is 1.14 bits per heavy atom. The number of hydrogen-bond donors (Lipinski definition) is 2. The van der Waals surface area contributed by atoms with Gasteiger partial charge in [-0.25, -0.2) is 18.7 Å². The Kier molecular flexibility index (Phi) is 7.80. The molecule has 2 aromatic carbocycles. The van der Waals surface area contributed by atoms with Crippen molar-refractivity contribution in [3.8, 4) is 0 Å². The molecule has 1 aromatic heterocycles. The van der Waals surface area contributed by atoms with Gasteiger partial charge in [0.05, 0.1) is 18.2 Å². The van der Waals surface area contributed by atoms with E-state index in [2.05, 4.69) is 15.5 Å². The van der Waals surface area contributed by atoms with Gasteiger partial charge in [-0.2, -0.15) is 5.10 Å². The number of halogens is 2. The maximum absolute atomic E-state index is 13.3. The topological polar surface area (TPSA) is 89.0 Å². The van der Waals surface area contributed by atoms with Crippen molar-refractivity contribution in [1.29, 1.82) is 0 Å². The molecule has 1 aliphatic heterocycles. The third-order valence-corrected chi connectivity index (χ3v) is 7.30. The minimum absolute atomic E-state index is 0.0452. The molecule has 4 rings (SSSR count). The van der Waals surface area contributed by atoms with Gasteiger partial charge in [-0.3, -0.25) is 9.36 Å². The highest BCUT2D eigenvalue weighted by atomic mass is 19.1. The molecule has 9 heteroatoms. The molecule has 0 saturated carbocycles. The summed E-state index contributed by atoms with van der Waals surface area (Å²) in [7, 11) is 0. The molecule has 0 aliphatic carbocycles. The number of rotatable bonds is 10. The largest absolute Gasteiger partial charge is 0.372 e. The summed E-state index contributed by atoms with van der Waals surface area (Å²) in [5.74, 6) is -0.0452. The molecule has 36 heavy (non-hydrogen) atoms. The second-order valence-electron chi connectivity index (χ2n) is 9.44. The molecule has 3 aromatic rings. The van der Waals surface area contributed by atoms with Crippen LogP contribution >= 0.6 is 0 Å². The van der Waals surface area contributed by atoms with Gasteiger partial charge < -0.3 is 10.1 Å². The lowest BCUT2D eigenvalue weighted by atomic mass is 9.74. The molecular formula is C27H32F2N4O3. The molecular weight excluding hydrogens is 466 g/mol. The quantitative estimate of drug-likeness (QED) is 0.437. The Hall–Kier alpha value is -3.17. The predicted molar refractivity (Wildman–Crippen MR) is 132 cm³/mol. The molecule has 192 valence electrons. The normalized spacial score (nSPS) is 22.9. The first-order chi connectivity index (χ1) is 17.4. The van der Waals surface area contributed by atoms with E-state index in [-0.39, 0.29) is 25.4 Å². The molecule has 2 N–H and O–H groups in total. The van der Waals surface area contributed by atoms with Gasteiger partial charge in [-0.15, -0.1) is 0 Å². The fourth-order valence-corrected chi connectivity index (χ4v) is 5.13. The van der Waals surface area contributed by atoms with Crippen molar-refractivity contribution < 1.29 is 18.3 Å². The molecule has 3 atom stereocenters. The summed E-state index contributed by atoms with van der Waals surface area (Å²) < 4.78 is 34.4. The molecule has 1 saturated heterocycles. The first-order valence-electron chi connectivity index (χ1n) is 12.2. The number of benzene rings is 2. The van der Waals surface area contributed by atoms with Gasteiger partial charge in [0, 0.05) is 13.0 Å². The second kappa shape index (κ2) is 10.8. The fourth-order valence-electron chi connectivity index (χ4n) is 5.13. The number of H-pyrrole nitrogens is 1. The lowest BCUT2D eigenvalue weighted by Crippen LogP contribution is -2.63. The summed E-state index contributed by atoms with van der Waals surface area (Å²) in [6.07, 6.45) is 2.19. The van der Waals surface area contributed by atoms with Crippen LogP contribution in [0.5, 0.6) is 0 Å². The molecule has 1 fully saturated rings. The maximum Gasteiger partial charge on any atom is 0.344 e. The monoisotopic (exact) mass is 498 g/mol. The van der Waals surface area contributed by atoms with E-state index in [1.807, 2.05) is 37.3 Å². The average molecular weight is 499 g/mol. The van der Waals surface area contributed by atoms with Crippen LogP contribution in [0.3, 0.4) is 0 Å². The van der Waals surface area contributed by atoms with Crippen LogP contribution in [0.25, 0.3) is 0 Å². The lowest BCUT2D eigenvalue weighted by molar-refractivity contribution is -0.130. The van der Waals surface area contributed by atoms with Crippen LogP contribution < -0.4 is 11.0 Å². The molecule has 2 heterocycles. The van der Waals surface area contributed by atoms with Crippen LogP contribution in [0.4, 0.5) is 8.78 Å². The number of Topliss-reactive ketones (excluding diaryl/α,β-unsaturated/α-hetero) is 1. The van der Waals surface area contributed by atoms with E-state index in [1.165, 1.54) is 17.0 Å². The summed E-state index contributed by atoms with van der Waals surface area (Å²) in [6.45, 7) is 2.79. The van der Waals surface area contributed by atoms with E-state index >= 15 is 0 Å². The van der Waals surface area contributed by atoms with Gasteiger partial charge in [0.15, 0.2) is 5.78 Å². The van der Waals surface area contributed by atoms with Crippen molar-refractivity contribution in [3.05, 3.63) is 87.6 Å². The zero-order valence-corrected chi connectivity index (χ0v) is 20.6. The summed E-state index contributed by atoms with van der Waals surface area (Å²) in [6, 6.07) is 14.7. The Morgan fingerprint density at radius 3 is 2.36 bits per heavy atom. The van der Waals surface area contributed by atoms with E-state index in [9.17, 15) is 18.4 Å². The predicted octanol–water partition coefficient (Wildman–Crippen LogP) is 4.24.